The Balaban J connectivity index is 2.28. The van der Waals surface area contributed by atoms with Crippen LogP contribution in [-0.4, -0.2) is 27.3 Å². The third kappa shape index (κ3) is 3.74. The first-order valence-corrected chi connectivity index (χ1v) is 6.42. The number of rotatable bonds is 4. The molecule has 0 N–H and O–H groups in total. The quantitative estimate of drug-likeness (QED) is 0.356. The molecule has 24 heavy (non-hydrogen) atoms. The van der Waals surface area contributed by atoms with E-state index in [1.54, 1.807) is 6.92 Å². The van der Waals surface area contributed by atoms with E-state index >= 15 is 0 Å². The average Bonchev–Trinajstić information content (AvgIpc) is 2.53. The summed E-state index contributed by atoms with van der Waals surface area (Å²) in [6.45, 7) is 1.58. The fourth-order valence-electron chi connectivity index (χ4n) is 1.80. The summed E-state index contributed by atoms with van der Waals surface area (Å²) in [6, 6.07) is 2.42. The Morgan fingerprint density at radius 1 is 1.08 bits per heavy atom. The van der Waals surface area contributed by atoms with E-state index in [-0.39, 0.29) is 11.5 Å². The van der Waals surface area contributed by atoms with Gasteiger partial charge in [0.05, 0.1) is 21.5 Å². The number of hydrogen-bond acceptors (Lipinski definition) is 8. The molecule has 0 radical (unpaired) electrons. The van der Waals surface area contributed by atoms with Crippen LogP contribution in [0.25, 0.3) is 0 Å². The molecule has 0 unspecified atom stereocenters. The first-order valence-electron chi connectivity index (χ1n) is 6.42. The van der Waals surface area contributed by atoms with Crippen LogP contribution in [0, 0.1) is 20.2 Å². The molecule has 0 amide bonds. The van der Waals surface area contributed by atoms with Crippen molar-refractivity contribution in [2.45, 2.75) is 6.92 Å². The van der Waals surface area contributed by atoms with E-state index in [9.17, 15) is 29.8 Å². The fraction of sp³-hybridized carbons (Fsp3) is 0.0714. The van der Waals surface area contributed by atoms with Gasteiger partial charge in [0.25, 0.3) is 11.4 Å². The number of hydrogen-bond donors (Lipinski definition) is 0. The van der Waals surface area contributed by atoms with Gasteiger partial charge in [-0.1, -0.05) is 5.16 Å². The lowest BCUT2D eigenvalue weighted by atomic mass is 10.1. The maximum absolute atomic E-state index is 11.9. The summed E-state index contributed by atoms with van der Waals surface area (Å²) in [5.41, 5.74) is -0.966. The monoisotopic (exact) mass is 331 g/mol. The smallest absolute Gasteiger partial charge is 0.312 e. The van der Waals surface area contributed by atoms with Crippen LogP contribution in [-0.2, 0) is 9.63 Å². The van der Waals surface area contributed by atoms with Crippen molar-refractivity contribution in [1.82, 2.24) is 0 Å². The van der Waals surface area contributed by atoms with E-state index in [0.29, 0.717) is 5.57 Å². The van der Waals surface area contributed by atoms with Crippen molar-refractivity contribution in [1.29, 1.82) is 0 Å². The van der Waals surface area contributed by atoms with Gasteiger partial charge < -0.3 is 4.84 Å². The Morgan fingerprint density at radius 3 is 2.17 bits per heavy atom. The summed E-state index contributed by atoms with van der Waals surface area (Å²) in [5, 5.41) is 25.1. The highest BCUT2D eigenvalue weighted by atomic mass is 16.7. The van der Waals surface area contributed by atoms with E-state index in [4.69, 9.17) is 0 Å². The van der Waals surface area contributed by atoms with Crippen molar-refractivity contribution in [3.63, 3.8) is 0 Å². The summed E-state index contributed by atoms with van der Waals surface area (Å²) < 4.78 is 0. The molecule has 2 rings (SSSR count). The third-order valence-electron chi connectivity index (χ3n) is 2.96. The van der Waals surface area contributed by atoms with Gasteiger partial charge in [-0.25, -0.2) is 4.79 Å². The lowest BCUT2D eigenvalue weighted by Crippen LogP contribution is -2.09. The number of ketones is 1. The van der Waals surface area contributed by atoms with Gasteiger partial charge >= 0.3 is 5.97 Å². The summed E-state index contributed by atoms with van der Waals surface area (Å²) in [4.78, 5) is 47.5. The number of nitrogens with zero attached hydrogens (tertiary/aromatic N) is 3. The van der Waals surface area contributed by atoms with E-state index in [0.717, 1.165) is 18.2 Å². The average molecular weight is 331 g/mol. The van der Waals surface area contributed by atoms with Crippen LogP contribution in [0.3, 0.4) is 0 Å². The van der Waals surface area contributed by atoms with Gasteiger partial charge in [-0.15, -0.1) is 0 Å². The minimum atomic E-state index is -1.10. The second-order valence-electron chi connectivity index (χ2n) is 4.67. The molecule has 0 aromatic heterocycles. The Bertz CT molecular complexity index is 820. The number of benzene rings is 1. The first-order chi connectivity index (χ1) is 11.3. The van der Waals surface area contributed by atoms with Crippen molar-refractivity contribution in [3.05, 3.63) is 67.8 Å². The van der Waals surface area contributed by atoms with Gasteiger partial charge in [0.1, 0.15) is 5.71 Å². The molecule has 0 aliphatic heterocycles. The van der Waals surface area contributed by atoms with Crippen molar-refractivity contribution in [3.8, 4) is 0 Å². The van der Waals surface area contributed by atoms with Crippen LogP contribution in [0.2, 0.25) is 0 Å². The Morgan fingerprint density at radius 2 is 1.67 bits per heavy atom. The number of allylic oxidation sites excluding steroid dienone is 4. The predicted octanol–water partition coefficient (Wildman–Crippen LogP) is 2.10. The van der Waals surface area contributed by atoms with Crippen molar-refractivity contribution in [2.24, 2.45) is 5.16 Å². The second-order valence-corrected chi connectivity index (χ2v) is 4.67. The third-order valence-corrected chi connectivity index (χ3v) is 2.96. The van der Waals surface area contributed by atoms with Gasteiger partial charge in [0.2, 0.25) is 0 Å². The van der Waals surface area contributed by atoms with Gasteiger partial charge in [0, 0.05) is 12.1 Å². The molecular weight excluding hydrogens is 322 g/mol. The maximum Gasteiger partial charge on any atom is 0.366 e. The second kappa shape index (κ2) is 6.60. The molecular formula is C14H9N3O7. The predicted molar refractivity (Wildman–Crippen MR) is 80.5 cm³/mol. The van der Waals surface area contributed by atoms with Gasteiger partial charge in [-0.3, -0.25) is 25.0 Å². The molecule has 0 fully saturated rings. The summed E-state index contributed by atoms with van der Waals surface area (Å²) in [6.07, 6.45) is 3.84. The largest absolute Gasteiger partial charge is 0.366 e. The van der Waals surface area contributed by atoms with Crippen LogP contribution in [0.4, 0.5) is 11.4 Å². The number of non-ortho nitro benzene ring substituents is 2. The molecule has 0 saturated heterocycles. The molecule has 0 atom stereocenters. The maximum atomic E-state index is 11.9. The number of nitro groups is 2. The van der Waals surface area contributed by atoms with Crippen LogP contribution in [0.1, 0.15) is 17.3 Å². The molecule has 0 saturated carbocycles. The van der Waals surface area contributed by atoms with Crippen LogP contribution in [0.5, 0.6) is 0 Å². The molecule has 1 aromatic carbocycles. The van der Waals surface area contributed by atoms with Gasteiger partial charge in [-0.2, -0.15) is 0 Å². The Labute approximate surface area is 134 Å². The fourth-order valence-corrected chi connectivity index (χ4v) is 1.80. The number of nitro benzene ring substituents is 2. The van der Waals surface area contributed by atoms with Crippen LogP contribution >= 0.6 is 0 Å². The number of carbonyl (C=O) groups is 2. The van der Waals surface area contributed by atoms with Crippen molar-refractivity contribution >= 4 is 28.8 Å². The minimum absolute atomic E-state index is 0.211. The topological polar surface area (TPSA) is 142 Å². The van der Waals surface area contributed by atoms with E-state index < -0.39 is 32.8 Å². The summed E-state index contributed by atoms with van der Waals surface area (Å²) in [5.74, 6) is -1.35. The Kier molecular flexibility index (Phi) is 4.59. The van der Waals surface area contributed by atoms with E-state index in [1.807, 2.05) is 0 Å². The van der Waals surface area contributed by atoms with E-state index in [2.05, 4.69) is 9.99 Å². The highest BCUT2D eigenvalue weighted by molar-refractivity contribution is 6.19. The summed E-state index contributed by atoms with van der Waals surface area (Å²) >= 11 is 0. The zero-order valence-electron chi connectivity index (χ0n) is 12.2. The van der Waals surface area contributed by atoms with Crippen molar-refractivity contribution < 1.29 is 24.3 Å². The zero-order chi connectivity index (χ0) is 17.9. The standard InChI is InChI=1S/C14H9N3O7/c1-8-4-12(18)2-3-13(8)15-24-14(19)9-5-10(16(20)21)7-11(6-9)17(22)23/h2-7H,1H3/b15-13-. The Hall–Kier alpha value is -3.69. The molecule has 1 aliphatic carbocycles. The highest BCUT2D eigenvalue weighted by Crippen LogP contribution is 2.23. The first kappa shape index (κ1) is 16.7. The van der Waals surface area contributed by atoms with E-state index in [1.165, 1.54) is 18.2 Å². The normalized spacial score (nSPS) is 15.1. The molecule has 10 heteroatoms. The molecule has 1 aromatic rings. The van der Waals surface area contributed by atoms with Gasteiger partial charge in [0.15, 0.2) is 5.78 Å². The molecule has 10 nitrogen and oxygen atoms in total. The van der Waals surface area contributed by atoms with Crippen LogP contribution < -0.4 is 0 Å². The summed E-state index contributed by atoms with van der Waals surface area (Å²) in [7, 11) is 0. The zero-order valence-corrected chi connectivity index (χ0v) is 12.2. The molecule has 1 aliphatic rings. The molecule has 0 bridgehead atoms. The number of carbonyl (C=O) groups excluding carboxylic acids is 2. The van der Waals surface area contributed by atoms with Crippen molar-refractivity contribution in [2.75, 3.05) is 0 Å². The van der Waals surface area contributed by atoms with Crippen LogP contribution in [0.15, 0.2) is 47.2 Å². The van der Waals surface area contributed by atoms with Gasteiger partial charge in [-0.05, 0) is 30.7 Å². The molecule has 0 heterocycles. The SMILES string of the molecule is CC1=CC(=O)C=C/C1=N/OC(=O)c1cc([N+](=O)[O-])cc([N+](=O)[O-])c1. The molecule has 0 spiro atoms. The molecule has 122 valence electrons. The minimum Gasteiger partial charge on any atom is -0.312 e. The number of oxime groups is 1. The lowest BCUT2D eigenvalue weighted by molar-refractivity contribution is -0.394. The lowest BCUT2D eigenvalue weighted by Gasteiger charge is -2.05. The highest BCUT2D eigenvalue weighted by Gasteiger charge is 2.21.